The van der Waals surface area contributed by atoms with Crippen molar-refractivity contribution in [2.45, 2.75) is 13.3 Å². The quantitative estimate of drug-likeness (QED) is 0.816. The third-order valence-electron chi connectivity index (χ3n) is 3.82. The zero-order valence-electron chi connectivity index (χ0n) is 11.9. The number of benzene rings is 1. The minimum absolute atomic E-state index is 0.0745. The van der Waals surface area contributed by atoms with Gasteiger partial charge in [-0.15, -0.1) is 0 Å². The Hall–Kier alpha value is -1.46. The molecule has 1 saturated heterocycles. The normalized spacial score (nSPS) is 21.4. The number of anilines is 1. The molecule has 114 valence electrons. The van der Waals surface area contributed by atoms with E-state index in [0.717, 1.165) is 0 Å². The molecule has 1 aromatic carbocycles. The first-order valence-electron chi connectivity index (χ1n) is 6.54. The number of rotatable bonds is 2. The van der Waals surface area contributed by atoms with Crippen LogP contribution in [-0.4, -0.2) is 36.9 Å². The summed E-state index contributed by atoms with van der Waals surface area (Å²) in [6, 6.07) is 3.01. The molecule has 1 unspecified atom stereocenters. The van der Waals surface area contributed by atoms with Crippen molar-refractivity contribution in [2.24, 2.45) is 5.41 Å². The van der Waals surface area contributed by atoms with Gasteiger partial charge in [-0.3, -0.25) is 9.59 Å². The summed E-state index contributed by atoms with van der Waals surface area (Å²) in [6.45, 7) is 2.67. The van der Waals surface area contributed by atoms with Crippen molar-refractivity contribution in [1.29, 1.82) is 0 Å². The van der Waals surface area contributed by atoms with E-state index in [4.69, 9.17) is 28.9 Å². The minimum atomic E-state index is -0.582. The van der Waals surface area contributed by atoms with Crippen LogP contribution in [0.15, 0.2) is 12.1 Å². The van der Waals surface area contributed by atoms with Crippen LogP contribution in [0, 0.1) is 5.41 Å². The summed E-state index contributed by atoms with van der Waals surface area (Å²) in [5.41, 5.74) is 5.77. The molecule has 1 aliphatic rings. The van der Waals surface area contributed by atoms with Gasteiger partial charge in [0.05, 0.1) is 21.0 Å². The maximum Gasteiger partial charge on any atom is 0.255 e. The van der Waals surface area contributed by atoms with Crippen molar-refractivity contribution in [3.63, 3.8) is 0 Å². The molecule has 5 nitrogen and oxygen atoms in total. The molecule has 1 aliphatic heterocycles. The molecule has 0 spiro atoms. The van der Waals surface area contributed by atoms with Crippen LogP contribution < -0.4 is 11.1 Å². The Labute approximate surface area is 133 Å². The Bertz CT molecular complexity index is 606. The average Bonchev–Trinajstić information content (AvgIpc) is 2.85. The molecule has 1 fully saturated rings. The molecule has 0 aromatic heterocycles. The molecule has 2 rings (SSSR count). The van der Waals surface area contributed by atoms with Crippen molar-refractivity contribution >= 4 is 40.7 Å². The van der Waals surface area contributed by atoms with Gasteiger partial charge in [-0.1, -0.05) is 23.2 Å². The van der Waals surface area contributed by atoms with Crippen molar-refractivity contribution in [2.75, 3.05) is 25.9 Å². The summed E-state index contributed by atoms with van der Waals surface area (Å²) in [5.74, 6) is -0.337. The van der Waals surface area contributed by atoms with Crippen LogP contribution in [0.2, 0.25) is 10.0 Å². The molecular formula is C14H17Cl2N3O2. The van der Waals surface area contributed by atoms with Gasteiger partial charge in [-0.05, 0) is 25.5 Å². The van der Waals surface area contributed by atoms with E-state index in [2.05, 4.69) is 5.32 Å². The first-order valence-corrected chi connectivity index (χ1v) is 7.30. The largest absolute Gasteiger partial charge is 0.399 e. The third-order valence-corrected chi connectivity index (χ3v) is 4.62. The Balaban J connectivity index is 2.25. The first kappa shape index (κ1) is 15.9. The van der Waals surface area contributed by atoms with Crippen LogP contribution in [0.1, 0.15) is 23.7 Å². The molecule has 0 bridgehead atoms. The molecule has 1 aromatic rings. The number of nitrogen functional groups attached to an aromatic ring is 1. The summed E-state index contributed by atoms with van der Waals surface area (Å²) in [4.78, 5) is 26.1. The van der Waals surface area contributed by atoms with Gasteiger partial charge < -0.3 is 16.0 Å². The molecular weight excluding hydrogens is 313 g/mol. The fraction of sp³-hybridized carbons (Fsp3) is 0.429. The summed E-state index contributed by atoms with van der Waals surface area (Å²) >= 11 is 12.0. The van der Waals surface area contributed by atoms with Gasteiger partial charge in [0.2, 0.25) is 5.91 Å². The van der Waals surface area contributed by atoms with E-state index >= 15 is 0 Å². The number of hydrogen-bond donors (Lipinski definition) is 2. The number of nitrogens with two attached hydrogens (primary N) is 1. The Morgan fingerprint density at radius 3 is 2.67 bits per heavy atom. The van der Waals surface area contributed by atoms with Gasteiger partial charge in [0.1, 0.15) is 0 Å². The van der Waals surface area contributed by atoms with E-state index in [0.29, 0.717) is 25.2 Å². The maximum atomic E-state index is 12.6. The van der Waals surface area contributed by atoms with Crippen LogP contribution >= 0.6 is 23.2 Å². The number of nitrogens with zero attached hydrogens (tertiary/aromatic N) is 1. The molecule has 0 radical (unpaired) electrons. The van der Waals surface area contributed by atoms with E-state index in [-0.39, 0.29) is 27.4 Å². The van der Waals surface area contributed by atoms with Crippen molar-refractivity contribution < 1.29 is 9.59 Å². The molecule has 7 heteroatoms. The van der Waals surface area contributed by atoms with Gasteiger partial charge in [0, 0.05) is 25.8 Å². The molecule has 1 heterocycles. The zero-order valence-corrected chi connectivity index (χ0v) is 13.4. The van der Waals surface area contributed by atoms with E-state index in [1.807, 2.05) is 6.92 Å². The molecule has 1 atom stereocenters. The highest BCUT2D eigenvalue weighted by Gasteiger charge is 2.42. The number of halogens is 2. The highest BCUT2D eigenvalue weighted by molar-refractivity contribution is 6.44. The standard InChI is InChI=1S/C14H17Cl2N3O2/c1-14(13(21)18-2)3-4-19(7-14)12(20)9-5-8(17)6-10(15)11(9)16/h5-6H,3-4,7,17H2,1-2H3,(H,18,21). The second-order valence-electron chi connectivity index (χ2n) is 5.48. The number of amides is 2. The Morgan fingerprint density at radius 1 is 1.38 bits per heavy atom. The second kappa shape index (κ2) is 5.73. The van der Waals surface area contributed by atoms with Crippen LogP contribution in [0.3, 0.4) is 0 Å². The van der Waals surface area contributed by atoms with Gasteiger partial charge in [0.25, 0.3) is 5.91 Å². The first-order chi connectivity index (χ1) is 9.78. The topological polar surface area (TPSA) is 75.4 Å². The summed E-state index contributed by atoms with van der Waals surface area (Å²) in [7, 11) is 1.59. The van der Waals surface area contributed by atoms with Gasteiger partial charge in [-0.2, -0.15) is 0 Å². The highest BCUT2D eigenvalue weighted by Crippen LogP contribution is 2.34. The van der Waals surface area contributed by atoms with E-state index in [1.54, 1.807) is 11.9 Å². The monoisotopic (exact) mass is 329 g/mol. The predicted octanol–water partition coefficient (Wildman–Crippen LogP) is 2.17. The second-order valence-corrected chi connectivity index (χ2v) is 6.27. The Kier molecular flexibility index (Phi) is 4.35. The fourth-order valence-corrected chi connectivity index (χ4v) is 2.98. The van der Waals surface area contributed by atoms with Gasteiger partial charge in [0.15, 0.2) is 0 Å². The molecule has 2 amide bonds. The van der Waals surface area contributed by atoms with E-state index in [1.165, 1.54) is 12.1 Å². The lowest BCUT2D eigenvalue weighted by atomic mass is 9.89. The highest BCUT2D eigenvalue weighted by atomic mass is 35.5. The fourth-order valence-electron chi connectivity index (χ4n) is 2.56. The molecule has 3 N–H and O–H groups in total. The molecule has 0 saturated carbocycles. The SMILES string of the molecule is CNC(=O)C1(C)CCN(C(=O)c2cc(N)cc(Cl)c2Cl)C1. The lowest BCUT2D eigenvalue weighted by Gasteiger charge is -2.23. The smallest absolute Gasteiger partial charge is 0.255 e. The summed E-state index contributed by atoms with van der Waals surface area (Å²) in [6.07, 6.45) is 0.603. The lowest BCUT2D eigenvalue weighted by Crippen LogP contribution is -2.40. The van der Waals surface area contributed by atoms with Crippen LogP contribution in [0.5, 0.6) is 0 Å². The van der Waals surface area contributed by atoms with Crippen molar-refractivity contribution in [1.82, 2.24) is 10.2 Å². The number of likely N-dealkylation sites (tertiary alicyclic amines) is 1. The Morgan fingerprint density at radius 2 is 2.05 bits per heavy atom. The third kappa shape index (κ3) is 2.94. The van der Waals surface area contributed by atoms with Gasteiger partial charge >= 0.3 is 0 Å². The minimum Gasteiger partial charge on any atom is -0.399 e. The van der Waals surface area contributed by atoms with E-state index in [9.17, 15) is 9.59 Å². The lowest BCUT2D eigenvalue weighted by molar-refractivity contribution is -0.128. The number of carbonyl (C=O) groups is 2. The van der Waals surface area contributed by atoms with Gasteiger partial charge in [-0.25, -0.2) is 0 Å². The molecule has 21 heavy (non-hydrogen) atoms. The summed E-state index contributed by atoms with van der Waals surface area (Å²) < 4.78 is 0. The number of nitrogens with one attached hydrogen (secondary N) is 1. The van der Waals surface area contributed by atoms with E-state index < -0.39 is 5.41 Å². The van der Waals surface area contributed by atoms with Crippen molar-refractivity contribution in [3.8, 4) is 0 Å². The predicted molar refractivity (Wildman–Crippen MR) is 83.6 cm³/mol. The summed E-state index contributed by atoms with van der Waals surface area (Å²) in [5, 5.41) is 3.06. The number of carbonyl (C=O) groups excluding carboxylic acids is 2. The zero-order chi connectivity index (χ0) is 15.8. The average molecular weight is 330 g/mol. The van der Waals surface area contributed by atoms with Crippen LogP contribution in [-0.2, 0) is 4.79 Å². The molecule has 0 aliphatic carbocycles. The maximum absolute atomic E-state index is 12.6. The van der Waals surface area contributed by atoms with Crippen molar-refractivity contribution in [3.05, 3.63) is 27.7 Å². The number of hydrogen-bond acceptors (Lipinski definition) is 3. The van der Waals surface area contributed by atoms with Crippen LogP contribution in [0.4, 0.5) is 5.69 Å². The van der Waals surface area contributed by atoms with Crippen LogP contribution in [0.25, 0.3) is 0 Å².